The zero-order valence-corrected chi connectivity index (χ0v) is 23.9. The van der Waals surface area contributed by atoms with Gasteiger partial charge in [0, 0.05) is 17.5 Å². The largest absolute Gasteiger partial charge is 0.492 e. The summed E-state index contributed by atoms with van der Waals surface area (Å²) in [6.45, 7) is 7.28. The SMILES string of the molecule is CC1(C)OB(C(=Cc2cc(Cl)ccc2C(F)(F)F)CNC(=O)OCC2c3ccccc3-c3ccccc32)OC1(C)C. The normalized spacial score (nSPS) is 17.8. The lowest BCUT2D eigenvalue weighted by molar-refractivity contribution is -0.137. The van der Waals surface area contributed by atoms with Crippen LogP contribution < -0.4 is 5.32 Å². The number of carbonyl (C=O) groups excluding carboxylic acids is 1. The van der Waals surface area contributed by atoms with Crippen molar-refractivity contribution in [2.75, 3.05) is 13.2 Å². The van der Waals surface area contributed by atoms with Gasteiger partial charge < -0.3 is 19.4 Å². The molecule has 0 bridgehead atoms. The highest BCUT2D eigenvalue weighted by Gasteiger charge is 2.52. The van der Waals surface area contributed by atoms with Gasteiger partial charge in [0.1, 0.15) is 6.61 Å². The second-order valence-corrected chi connectivity index (χ2v) is 11.7. The lowest BCUT2D eigenvalue weighted by Crippen LogP contribution is -2.41. The Hall–Kier alpha value is -3.27. The molecular formula is C31H30BClF3NO4. The maximum Gasteiger partial charge on any atom is 0.492 e. The van der Waals surface area contributed by atoms with Gasteiger partial charge in [0.2, 0.25) is 0 Å². The Morgan fingerprint density at radius 2 is 1.54 bits per heavy atom. The van der Waals surface area contributed by atoms with Crippen LogP contribution in [0.2, 0.25) is 5.02 Å². The van der Waals surface area contributed by atoms with Gasteiger partial charge in [0.25, 0.3) is 0 Å². The Bertz CT molecular complexity index is 1440. The third-order valence-electron chi connectivity index (χ3n) is 8.00. The maximum atomic E-state index is 13.8. The van der Waals surface area contributed by atoms with Gasteiger partial charge in [-0.2, -0.15) is 13.2 Å². The number of fused-ring (bicyclic) bond motifs is 3. The first-order valence-corrected chi connectivity index (χ1v) is 13.7. The van der Waals surface area contributed by atoms with Crippen molar-refractivity contribution in [1.82, 2.24) is 5.32 Å². The number of carbonyl (C=O) groups is 1. The highest BCUT2D eigenvalue weighted by atomic mass is 35.5. The minimum Gasteiger partial charge on any atom is -0.449 e. The van der Waals surface area contributed by atoms with E-state index in [1.165, 1.54) is 18.2 Å². The second kappa shape index (κ2) is 10.9. The monoisotopic (exact) mass is 583 g/mol. The van der Waals surface area contributed by atoms with Crippen LogP contribution in [0.15, 0.2) is 72.2 Å². The van der Waals surface area contributed by atoms with E-state index in [9.17, 15) is 18.0 Å². The molecule has 10 heteroatoms. The van der Waals surface area contributed by atoms with E-state index >= 15 is 0 Å². The van der Waals surface area contributed by atoms with Crippen molar-refractivity contribution in [2.24, 2.45) is 0 Å². The highest BCUT2D eigenvalue weighted by molar-refractivity contribution is 6.56. The van der Waals surface area contributed by atoms with Crippen molar-refractivity contribution < 1.29 is 32.0 Å². The molecule has 1 amide bonds. The van der Waals surface area contributed by atoms with E-state index in [2.05, 4.69) is 5.32 Å². The van der Waals surface area contributed by atoms with E-state index in [0.29, 0.717) is 0 Å². The first-order chi connectivity index (χ1) is 19.3. The third kappa shape index (κ3) is 5.89. The molecule has 0 radical (unpaired) electrons. The van der Waals surface area contributed by atoms with Crippen LogP contribution in [-0.2, 0) is 20.2 Å². The minimum atomic E-state index is -4.61. The van der Waals surface area contributed by atoms with Crippen molar-refractivity contribution in [1.29, 1.82) is 0 Å². The van der Waals surface area contributed by atoms with Gasteiger partial charge in [0.15, 0.2) is 0 Å². The Morgan fingerprint density at radius 1 is 0.976 bits per heavy atom. The van der Waals surface area contributed by atoms with Crippen LogP contribution >= 0.6 is 11.6 Å². The molecule has 3 aromatic carbocycles. The molecule has 1 N–H and O–H groups in total. The molecule has 3 aromatic rings. The second-order valence-electron chi connectivity index (χ2n) is 11.2. The molecule has 0 unspecified atom stereocenters. The van der Waals surface area contributed by atoms with E-state index in [1.807, 2.05) is 76.2 Å². The number of alkyl halides is 3. The number of nitrogens with one attached hydrogen (secondary N) is 1. The van der Waals surface area contributed by atoms with Crippen molar-refractivity contribution in [3.63, 3.8) is 0 Å². The number of hydrogen-bond donors (Lipinski definition) is 1. The molecule has 2 aliphatic rings. The van der Waals surface area contributed by atoms with Crippen molar-refractivity contribution in [3.8, 4) is 11.1 Å². The molecule has 5 nitrogen and oxygen atoms in total. The zero-order valence-electron chi connectivity index (χ0n) is 23.1. The molecular weight excluding hydrogens is 554 g/mol. The first-order valence-electron chi connectivity index (χ1n) is 13.3. The summed E-state index contributed by atoms with van der Waals surface area (Å²) in [6, 6.07) is 19.3. The van der Waals surface area contributed by atoms with Crippen LogP contribution in [0.5, 0.6) is 0 Å². The van der Waals surface area contributed by atoms with Crippen LogP contribution in [0.1, 0.15) is 55.9 Å². The fraction of sp³-hybridized carbons (Fsp3) is 0.323. The average Bonchev–Trinajstić information content (AvgIpc) is 3.33. The molecule has 5 rings (SSSR count). The molecule has 1 heterocycles. The molecule has 214 valence electrons. The number of rotatable bonds is 6. The Balaban J connectivity index is 1.36. The Kier molecular flexibility index (Phi) is 7.74. The van der Waals surface area contributed by atoms with Crippen molar-refractivity contribution in [2.45, 2.75) is 51.0 Å². The predicted molar refractivity (Wildman–Crippen MR) is 154 cm³/mol. The quantitative estimate of drug-likeness (QED) is 0.300. The summed E-state index contributed by atoms with van der Waals surface area (Å²) in [5, 5.41) is 2.82. The molecule has 1 fully saturated rings. The molecule has 0 aromatic heterocycles. The molecule has 1 aliphatic heterocycles. The smallest absolute Gasteiger partial charge is 0.449 e. The summed E-state index contributed by atoms with van der Waals surface area (Å²) < 4.78 is 59.2. The van der Waals surface area contributed by atoms with Crippen LogP contribution in [-0.4, -0.2) is 37.6 Å². The molecule has 1 saturated heterocycles. The highest BCUT2D eigenvalue weighted by Crippen LogP contribution is 2.44. The van der Waals surface area contributed by atoms with E-state index in [0.717, 1.165) is 28.3 Å². The fourth-order valence-corrected chi connectivity index (χ4v) is 5.31. The van der Waals surface area contributed by atoms with Crippen LogP contribution in [0, 0.1) is 0 Å². The molecule has 1 aliphatic carbocycles. The topological polar surface area (TPSA) is 56.8 Å². The zero-order chi connectivity index (χ0) is 29.6. The fourth-order valence-electron chi connectivity index (χ4n) is 5.13. The van der Waals surface area contributed by atoms with Crippen LogP contribution in [0.4, 0.5) is 18.0 Å². The van der Waals surface area contributed by atoms with Gasteiger partial charge in [-0.15, -0.1) is 0 Å². The van der Waals surface area contributed by atoms with Gasteiger partial charge in [-0.1, -0.05) is 66.2 Å². The van der Waals surface area contributed by atoms with Crippen molar-refractivity contribution >= 4 is 30.9 Å². The van der Waals surface area contributed by atoms with Gasteiger partial charge in [-0.25, -0.2) is 4.79 Å². The van der Waals surface area contributed by atoms with Gasteiger partial charge >= 0.3 is 19.4 Å². The van der Waals surface area contributed by atoms with E-state index < -0.39 is 36.2 Å². The maximum absolute atomic E-state index is 13.8. The van der Waals surface area contributed by atoms with Gasteiger partial charge in [-0.3, -0.25) is 0 Å². The number of alkyl carbamates (subject to hydrolysis) is 1. The summed E-state index contributed by atoms with van der Waals surface area (Å²) in [4.78, 5) is 12.9. The minimum absolute atomic E-state index is 0.0991. The van der Waals surface area contributed by atoms with E-state index in [1.54, 1.807) is 0 Å². The third-order valence-corrected chi connectivity index (χ3v) is 8.23. The lowest BCUT2D eigenvalue weighted by Gasteiger charge is -2.32. The lowest BCUT2D eigenvalue weighted by atomic mass is 9.76. The summed E-state index contributed by atoms with van der Waals surface area (Å²) in [5.41, 5.74) is 2.10. The number of halogens is 4. The molecule has 0 atom stereocenters. The number of hydrogen-bond acceptors (Lipinski definition) is 4. The molecule has 0 saturated carbocycles. The van der Waals surface area contributed by atoms with E-state index in [4.69, 9.17) is 25.6 Å². The Labute approximate surface area is 242 Å². The molecule has 0 spiro atoms. The van der Waals surface area contributed by atoms with E-state index in [-0.39, 0.29) is 35.1 Å². The van der Waals surface area contributed by atoms with Crippen molar-refractivity contribution in [3.05, 3.63) is 99.5 Å². The summed E-state index contributed by atoms with van der Waals surface area (Å²) >= 11 is 6.05. The molecule has 41 heavy (non-hydrogen) atoms. The Morgan fingerprint density at radius 3 is 2.10 bits per heavy atom. The standard InChI is InChI=1S/C31H30BClF3NO4/c1-29(2)30(3,4)41-32(40-29)20(15-19-16-21(33)13-14-27(19)31(34,35)36)17-37-28(38)39-18-26-24-11-7-5-9-22(24)23-10-6-8-12-25(23)26/h5-16,26H,17-18H2,1-4H3,(H,37,38). The number of amides is 1. The summed E-state index contributed by atoms with van der Waals surface area (Å²) in [7, 11) is -1.01. The van der Waals surface area contributed by atoms with Gasteiger partial charge in [0.05, 0.1) is 16.8 Å². The summed E-state index contributed by atoms with van der Waals surface area (Å²) in [6.07, 6.45) is -4.02. The number of ether oxygens (including phenoxy) is 1. The first kappa shape index (κ1) is 29.2. The van der Waals surface area contributed by atoms with Crippen LogP contribution in [0.3, 0.4) is 0 Å². The summed E-state index contributed by atoms with van der Waals surface area (Å²) in [5.74, 6) is -0.132. The van der Waals surface area contributed by atoms with Gasteiger partial charge in [-0.05, 0) is 79.2 Å². The number of benzene rings is 3. The predicted octanol–water partition coefficient (Wildman–Crippen LogP) is 7.91. The average molecular weight is 584 g/mol. The van der Waals surface area contributed by atoms with Crippen LogP contribution in [0.25, 0.3) is 17.2 Å².